The van der Waals surface area contributed by atoms with Crippen LogP contribution in [0.2, 0.25) is 0 Å². The normalized spacial score (nSPS) is 18.8. The van der Waals surface area contributed by atoms with Crippen molar-refractivity contribution in [2.75, 3.05) is 23.8 Å². The highest BCUT2D eigenvalue weighted by Gasteiger charge is 2.13. The van der Waals surface area contributed by atoms with Crippen LogP contribution < -0.4 is 5.32 Å². The molecule has 6 heteroatoms. The van der Waals surface area contributed by atoms with E-state index < -0.39 is 0 Å². The standard InChI is InChI=1S/C15H17FN2S3/c16-12-3-1-11(2-4-12)15-18-13(9-21-15)7-17-8-14-10-19-5-6-20-14/h1-4,9,14,17H,5-8,10H2. The number of nitrogens with zero attached hydrogens (tertiary/aromatic N) is 1. The fraction of sp³-hybridized carbons (Fsp3) is 0.400. The first-order valence-electron chi connectivity index (χ1n) is 6.91. The van der Waals surface area contributed by atoms with E-state index in [0.717, 1.165) is 34.6 Å². The molecule has 0 bridgehead atoms. The van der Waals surface area contributed by atoms with Crippen molar-refractivity contribution >= 4 is 34.9 Å². The van der Waals surface area contributed by atoms with Crippen LogP contribution in [0.4, 0.5) is 4.39 Å². The summed E-state index contributed by atoms with van der Waals surface area (Å²) in [5.74, 6) is 3.59. The highest BCUT2D eigenvalue weighted by molar-refractivity contribution is 8.06. The van der Waals surface area contributed by atoms with Gasteiger partial charge in [-0.3, -0.25) is 0 Å². The van der Waals surface area contributed by atoms with Gasteiger partial charge in [-0.25, -0.2) is 9.37 Å². The molecule has 1 unspecified atom stereocenters. The molecule has 112 valence electrons. The van der Waals surface area contributed by atoms with Crippen LogP contribution in [-0.2, 0) is 6.54 Å². The van der Waals surface area contributed by atoms with Crippen molar-refractivity contribution in [2.45, 2.75) is 11.8 Å². The number of nitrogens with one attached hydrogen (secondary N) is 1. The van der Waals surface area contributed by atoms with Crippen molar-refractivity contribution in [3.8, 4) is 10.6 Å². The maximum absolute atomic E-state index is 12.9. The third-order valence-corrected chi connectivity index (χ3v) is 6.99. The molecule has 2 aromatic rings. The Labute approximate surface area is 136 Å². The van der Waals surface area contributed by atoms with Gasteiger partial charge in [-0.2, -0.15) is 23.5 Å². The van der Waals surface area contributed by atoms with Gasteiger partial charge in [0.25, 0.3) is 0 Å². The zero-order valence-electron chi connectivity index (χ0n) is 11.5. The van der Waals surface area contributed by atoms with Crippen LogP contribution in [0.1, 0.15) is 5.69 Å². The summed E-state index contributed by atoms with van der Waals surface area (Å²) in [7, 11) is 0. The van der Waals surface area contributed by atoms with E-state index in [4.69, 9.17) is 0 Å². The molecule has 1 saturated heterocycles. The van der Waals surface area contributed by atoms with Gasteiger partial charge in [0, 0.05) is 46.5 Å². The van der Waals surface area contributed by atoms with Gasteiger partial charge in [-0.1, -0.05) is 0 Å². The van der Waals surface area contributed by atoms with Crippen LogP contribution in [0.25, 0.3) is 10.6 Å². The minimum atomic E-state index is -0.208. The molecule has 0 aliphatic carbocycles. The number of hydrogen-bond acceptors (Lipinski definition) is 5. The Balaban J connectivity index is 1.51. The van der Waals surface area contributed by atoms with Gasteiger partial charge in [0.2, 0.25) is 0 Å². The average Bonchev–Trinajstić information content (AvgIpc) is 2.98. The largest absolute Gasteiger partial charge is 0.310 e. The Bertz CT molecular complexity index is 565. The highest BCUT2D eigenvalue weighted by atomic mass is 32.2. The van der Waals surface area contributed by atoms with Gasteiger partial charge in [-0.05, 0) is 24.3 Å². The molecule has 1 aromatic carbocycles. The molecule has 0 radical (unpaired) electrons. The van der Waals surface area contributed by atoms with Crippen molar-refractivity contribution in [3.05, 3.63) is 41.2 Å². The number of halogens is 1. The van der Waals surface area contributed by atoms with E-state index in [2.05, 4.69) is 27.4 Å². The molecule has 3 rings (SSSR count). The number of thiazole rings is 1. The molecule has 1 atom stereocenters. The smallest absolute Gasteiger partial charge is 0.123 e. The van der Waals surface area contributed by atoms with Crippen LogP contribution in [0, 0.1) is 5.82 Å². The number of aromatic nitrogens is 1. The lowest BCUT2D eigenvalue weighted by molar-refractivity contribution is 0.628. The first-order chi connectivity index (χ1) is 10.3. The summed E-state index contributed by atoms with van der Waals surface area (Å²) in [5.41, 5.74) is 2.04. The lowest BCUT2D eigenvalue weighted by Crippen LogP contribution is -2.28. The van der Waals surface area contributed by atoms with E-state index in [1.54, 1.807) is 23.5 Å². The predicted molar refractivity (Wildman–Crippen MR) is 92.8 cm³/mol. The average molecular weight is 341 g/mol. The lowest BCUT2D eigenvalue weighted by atomic mass is 10.2. The van der Waals surface area contributed by atoms with Gasteiger partial charge in [0.15, 0.2) is 0 Å². The molecule has 0 spiro atoms. The number of thioether (sulfide) groups is 2. The van der Waals surface area contributed by atoms with Crippen molar-refractivity contribution in [3.63, 3.8) is 0 Å². The molecule has 2 nitrogen and oxygen atoms in total. The number of rotatable bonds is 5. The lowest BCUT2D eigenvalue weighted by Gasteiger charge is -2.20. The minimum absolute atomic E-state index is 0.208. The molecule has 1 fully saturated rings. The van der Waals surface area contributed by atoms with Crippen molar-refractivity contribution in [1.82, 2.24) is 10.3 Å². The summed E-state index contributed by atoms with van der Waals surface area (Å²) >= 11 is 5.72. The second-order valence-corrected chi connectivity index (χ2v) is 8.27. The monoisotopic (exact) mass is 340 g/mol. The third-order valence-electron chi connectivity index (χ3n) is 3.21. The van der Waals surface area contributed by atoms with Crippen LogP contribution in [-0.4, -0.2) is 34.0 Å². The number of hydrogen-bond donors (Lipinski definition) is 1. The van der Waals surface area contributed by atoms with Crippen LogP contribution in [0.15, 0.2) is 29.6 Å². The highest BCUT2D eigenvalue weighted by Crippen LogP contribution is 2.25. The first-order valence-corrected chi connectivity index (χ1v) is 10.00. The van der Waals surface area contributed by atoms with E-state index in [-0.39, 0.29) is 5.82 Å². The van der Waals surface area contributed by atoms with Crippen LogP contribution in [0.5, 0.6) is 0 Å². The predicted octanol–water partition coefficient (Wildman–Crippen LogP) is 3.89. The van der Waals surface area contributed by atoms with E-state index in [0.29, 0.717) is 0 Å². The van der Waals surface area contributed by atoms with Crippen molar-refractivity contribution in [1.29, 1.82) is 0 Å². The van der Waals surface area contributed by atoms with E-state index in [9.17, 15) is 4.39 Å². The van der Waals surface area contributed by atoms with Gasteiger partial charge < -0.3 is 5.32 Å². The fourth-order valence-electron chi connectivity index (χ4n) is 2.13. The Morgan fingerprint density at radius 3 is 2.86 bits per heavy atom. The van der Waals surface area contributed by atoms with Crippen LogP contribution >= 0.6 is 34.9 Å². The third kappa shape index (κ3) is 4.45. The SMILES string of the molecule is Fc1ccc(-c2nc(CNCC3CSCCS3)cs2)cc1. The second kappa shape index (κ2) is 7.63. The molecule has 0 amide bonds. The summed E-state index contributed by atoms with van der Waals surface area (Å²) in [5, 5.41) is 7.25. The molecule has 1 aromatic heterocycles. The summed E-state index contributed by atoms with van der Waals surface area (Å²) < 4.78 is 12.9. The molecular weight excluding hydrogens is 323 g/mol. The summed E-state index contributed by atoms with van der Waals surface area (Å²) in [6.07, 6.45) is 0. The first kappa shape index (κ1) is 15.3. The molecule has 2 heterocycles. The van der Waals surface area contributed by atoms with E-state index in [1.807, 2.05) is 11.8 Å². The van der Waals surface area contributed by atoms with Gasteiger partial charge in [0.05, 0.1) is 5.69 Å². The topological polar surface area (TPSA) is 24.9 Å². The molecule has 21 heavy (non-hydrogen) atoms. The maximum atomic E-state index is 12.9. The zero-order valence-corrected chi connectivity index (χ0v) is 14.0. The summed E-state index contributed by atoms with van der Waals surface area (Å²) in [6, 6.07) is 6.52. The zero-order chi connectivity index (χ0) is 14.5. The number of benzene rings is 1. The van der Waals surface area contributed by atoms with E-state index >= 15 is 0 Å². The maximum Gasteiger partial charge on any atom is 0.123 e. The molecule has 0 saturated carbocycles. The summed E-state index contributed by atoms with van der Waals surface area (Å²) in [6.45, 7) is 1.85. The molecule has 1 aliphatic heterocycles. The second-order valence-electron chi connectivity index (χ2n) is 4.85. The van der Waals surface area contributed by atoms with Gasteiger partial charge in [-0.15, -0.1) is 11.3 Å². The quantitative estimate of drug-likeness (QED) is 0.893. The van der Waals surface area contributed by atoms with Crippen molar-refractivity contribution < 1.29 is 4.39 Å². The molecule has 1 N–H and O–H groups in total. The van der Waals surface area contributed by atoms with Crippen LogP contribution in [0.3, 0.4) is 0 Å². The van der Waals surface area contributed by atoms with Gasteiger partial charge in [0.1, 0.15) is 10.8 Å². The Morgan fingerprint density at radius 2 is 2.10 bits per heavy atom. The molecule has 1 aliphatic rings. The minimum Gasteiger partial charge on any atom is -0.310 e. The van der Waals surface area contributed by atoms with E-state index in [1.165, 1.54) is 29.4 Å². The van der Waals surface area contributed by atoms with Gasteiger partial charge >= 0.3 is 0 Å². The Kier molecular flexibility index (Phi) is 5.57. The Hall–Kier alpha value is -0.560. The summed E-state index contributed by atoms with van der Waals surface area (Å²) in [4.78, 5) is 4.61. The fourth-order valence-corrected chi connectivity index (χ4v) is 5.60. The van der Waals surface area contributed by atoms with Crippen molar-refractivity contribution in [2.24, 2.45) is 0 Å². The Morgan fingerprint density at radius 1 is 1.24 bits per heavy atom. The molecular formula is C15H17FN2S3.